The monoisotopic (exact) mass is 304 g/mol. The van der Waals surface area contributed by atoms with E-state index in [1.54, 1.807) is 23.2 Å². The number of hydrogen-bond acceptors (Lipinski definition) is 5. The topological polar surface area (TPSA) is 48.5 Å². The largest absolute Gasteiger partial charge is 0.314 e. The summed E-state index contributed by atoms with van der Waals surface area (Å²) in [4.78, 5) is 20.0. The predicted octanol–water partition coefficient (Wildman–Crippen LogP) is 1.34. The van der Waals surface area contributed by atoms with Crippen molar-refractivity contribution in [2.75, 3.05) is 31.6 Å². The summed E-state index contributed by atoms with van der Waals surface area (Å²) < 4.78 is 0. The van der Waals surface area contributed by atoms with E-state index in [-0.39, 0.29) is 18.3 Å². The lowest BCUT2D eigenvalue weighted by Gasteiger charge is -2.35. The molecule has 0 radical (unpaired) electrons. The van der Waals surface area contributed by atoms with Gasteiger partial charge in [-0.1, -0.05) is 0 Å². The van der Waals surface area contributed by atoms with Crippen molar-refractivity contribution in [3.63, 3.8) is 0 Å². The molecule has 1 amide bonds. The van der Waals surface area contributed by atoms with Crippen molar-refractivity contribution in [1.82, 2.24) is 15.2 Å². The van der Waals surface area contributed by atoms with Crippen LogP contribution in [0.25, 0.3) is 0 Å². The molecule has 1 N–H and O–H groups in total. The number of thiazole rings is 1. The highest BCUT2D eigenvalue weighted by Gasteiger charge is 2.22. The van der Waals surface area contributed by atoms with Crippen molar-refractivity contribution in [2.45, 2.75) is 26.4 Å². The molecule has 0 saturated carbocycles. The Morgan fingerprint density at radius 1 is 1.58 bits per heavy atom. The van der Waals surface area contributed by atoms with Crippen LogP contribution in [0.5, 0.6) is 0 Å². The highest BCUT2D eigenvalue weighted by atomic mass is 35.5. The van der Waals surface area contributed by atoms with E-state index in [4.69, 9.17) is 0 Å². The summed E-state index contributed by atoms with van der Waals surface area (Å²) in [6, 6.07) is 0.616. The molecule has 0 aliphatic carbocycles. The zero-order chi connectivity index (χ0) is 13.1. The molecule has 1 aromatic heterocycles. The van der Waals surface area contributed by atoms with E-state index in [2.05, 4.69) is 22.2 Å². The summed E-state index contributed by atoms with van der Waals surface area (Å²) in [6.07, 6.45) is 0. The molecule has 0 unspecified atom stereocenters. The van der Waals surface area contributed by atoms with E-state index < -0.39 is 0 Å². The fraction of sp³-hybridized carbons (Fsp3) is 0.667. The minimum Gasteiger partial charge on any atom is -0.314 e. The maximum atomic E-state index is 11.4. The molecule has 0 aromatic carbocycles. The first-order chi connectivity index (χ1) is 8.61. The van der Waals surface area contributed by atoms with Crippen molar-refractivity contribution in [2.24, 2.45) is 0 Å². The van der Waals surface area contributed by atoms with Gasteiger partial charge in [-0.15, -0.1) is 23.7 Å². The van der Waals surface area contributed by atoms with Gasteiger partial charge in [0, 0.05) is 44.5 Å². The van der Waals surface area contributed by atoms with Gasteiger partial charge in [0.05, 0.1) is 5.69 Å². The Balaban J connectivity index is 0.00000180. The van der Waals surface area contributed by atoms with Crippen LogP contribution in [0, 0.1) is 0 Å². The zero-order valence-corrected chi connectivity index (χ0v) is 13.2. The van der Waals surface area contributed by atoms with Crippen LogP contribution >= 0.6 is 23.7 Å². The number of likely N-dealkylation sites (N-methyl/N-ethyl adjacent to an activating group) is 1. The van der Waals surface area contributed by atoms with Crippen LogP contribution in [0.3, 0.4) is 0 Å². The van der Waals surface area contributed by atoms with Crippen LogP contribution in [-0.2, 0) is 11.3 Å². The first-order valence-electron chi connectivity index (χ1n) is 6.25. The van der Waals surface area contributed by atoms with Gasteiger partial charge in [-0.3, -0.25) is 14.6 Å². The second-order valence-corrected chi connectivity index (χ2v) is 5.45. The first kappa shape index (κ1) is 16.4. The number of halogens is 1. The van der Waals surface area contributed by atoms with Crippen LogP contribution < -0.4 is 10.2 Å². The van der Waals surface area contributed by atoms with Crippen LogP contribution in [0.1, 0.15) is 19.5 Å². The molecule has 0 spiro atoms. The van der Waals surface area contributed by atoms with Gasteiger partial charge in [-0.05, 0) is 14.0 Å². The highest BCUT2D eigenvalue weighted by Crippen LogP contribution is 2.21. The number of aromatic nitrogens is 1. The average molecular weight is 305 g/mol. The Labute approximate surface area is 124 Å². The van der Waals surface area contributed by atoms with E-state index in [0.29, 0.717) is 12.6 Å². The summed E-state index contributed by atoms with van der Waals surface area (Å²) in [5.41, 5.74) is 1.05. The normalized spacial score (nSPS) is 14.9. The van der Waals surface area contributed by atoms with Gasteiger partial charge in [-0.2, -0.15) is 0 Å². The second kappa shape index (κ2) is 7.19. The van der Waals surface area contributed by atoms with E-state index in [9.17, 15) is 4.79 Å². The van der Waals surface area contributed by atoms with E-state index >= 15 is 0 Å². The summed E-state index contributed by atoms with van der Waals surface area (Å²) in [5, 5.41) is 6.11. The molecule has 108 valence electrons. The number of rotatable bonds is 5. The molecule has 0 bridgehead atoms. The van der Waals surface area contributed by atoms with Gasteiger partial charge < -0.3 is 5.32 Å². The molecule has 2 heterocycles. The van der Waals surface area contributed by atoms with Crippen molar-refractivity contribution >= 4 is 34.8 Å². The smallest absolute Gasteiger partial charge is 0.225 e. The SMILES string of the molecule is CCN(C(C)=O)c1nc(CN(C)C2CNC2)cs1.Cl. The number of carbonyl (C=O) groups is 1. The Morgan fingerprint density at radius 3 is 2.74 bits per heavy atom. The number of hydrogen-bond donors (Lipinski definition) is 1. The molecule has 5 nitrogen and oxygen atoms in total. The summed E-state index contributed by atoms with van der Waals surface area (Å²) in [7, 11) is 2.12. The maximum Gasteiger partial charge on any atom is 0.225 e. The number of carbonyl (C=O) groups excluding carboxylic acids is 1. The molecular weight excluding hydrogens is 284 g/mol. The summed E-state index contributed by atoms with van der Waals surface area (Å²) >= 11 is 1.54. The lowest BCUT2D eigenvalue weighted by molar-refractivity contribution is -0.116. The molecule has 1 fully saturated rings. The average Bonchev–Trinajstić information content (AvgIpc) is 2.63. The number of nitrogens with one attached hydrogen (secondary N) is 1. The Bertz CT molecular complexity index is 422. The third kappa shape index (κ3) is 3.89. The van der Waals surface area contributed by atoms with Crippen LogP contribution in [0.2, 0.25) is 0 Å². The predicted molar refractivity (Wildman–Crippen MR) is 81.2 cm³/mol. The molecule has 0 atom stereocenters. The van der Waals surface area contributed by atoms with Gasteiger partial charge in [-0.25, -0.2) is 4.98 Å². The molecule has 1 aliphatic heterocycles. The molecule has 1 aliphatic rings. The van der Waals surface area contributed by atoms with Crippen LogP contribution in [0.4, 0.5) is 5.13 Å². The van der Waals surface area contributed by atoms with Crippen molar-refractivity contribution in [3.05, 3.63) is 11.1 Å². The highest BCUT2D eigenvalue weighted by molar-refractivity contribution is 7.14. The van der Waals surface area contributed by atoms with Gasteiger partial charge in [0.15, 0.2) is 5.13 Å². The maximum absolute atomic E-state index is 11.4. The van der Waals surface area contributed by atoms with E-state index in [1.807, 2.05) is 12.3 Å². The lowest BCUT2D eigenvalue weighted by atomic mass is 10.1. The minimum absolute atomic E-state index is 0. The van der Waals surface area contributed by atoms with Gasteiger partial charge in [0.2, 0.25) is 5.91 Å². The fourth-order valence-electron chi connectivity index (χ4n) is 1.96. The van der Waals surface area contributed by atoms with Crippen molar-refractivity contribution in [1.29, 1.82) is 0 Å². The second-order valence-electron chi connectivity index (χ2n) is 4.61. The summed E-state index contributed by atoms with van der Waals surface area (Å²) in [6.45, 7) is 7.18. The molecular formula is C12H21ClN4OS. The molecule has 1 saturated heterocycles. The third-order valence-corrected chi connectivity index (χ3v) is 4.17. The van der Waals surface area contributed by atoms with E-state index in [1.165, 1.54) is 0 Å². The molecule has 1 aromatic rings. The van der Waals surface area contributed by atoms with Gasteiger partial charge in [0.1, 0.15) is 0 Å². The Kier molecular flexibility index (Phi) is 6.19. The first-order valence-corrected chi connectivity index (χ1v) is 7.13. The van der Waals surface area contributed by atoms with Gasteiger partial charge in [0.25, 0.3) is 0 Å². The minimum atomic E-state index is 0. The van der Waals surface area contributed by atoms with Crippen LogP contribution in [-0.4, -0.2) is 48.5 Å². The standard InChI is InChI=1S/C12H20N4OS.ClH/c1-4-16(9(2)17)12-14-10(8-18-12)7-15(3)11-5-13-6-11;/h8,11,13H,4-7H2,1-3H3;1H. The zero-order valence-electron chi connectivity index (χ0n) is 11.5. The molecule has 7 heteroatoms. The fourth-order valence-corrected chi connectivity index (χ4v) is 2.88. The molecule has 2 rings (SSSR count). The number of nitrogens with zero attached hydrogens (tertiary/aromatic N) is 3. The Hall–Kier alpha value is -0.690. The molecule has 19 heavy (non-hydrogen) atoms. The summed E-state index contributed by atoms with van der Waals surface area (Å²) in [5.74, 6) is 0.0509. The third-order valence-electron chi connectivity index (χ3n) is 3.26. The quantitative estimate of drug-likeness (QED) is 0.892. The van der Waals surface area contributed by atoms with Crippen molar-refractivity contribution < 1.29 is 4.79 Å². The Morgan fingerprint density at radius 2 is 2.26 bits per heavy atom. The van der Waals surface area contributed by atoms with Crippen molar-refractivity contribution in [3.8, 4) is 0 Å². The number of anilines is 1. The lowest BCUT2D eigenvalue weighted by Crippen LogP contribution is -2.55. The van der Waals surface area contributed by atoms with E-state index in [0.717, 1.165) is 30.5 Å². The number of amides is 1. The van der Waals surface area contributed by atoms with Gasteiger partial charge >= 0.3 is 0 Å². The van der Waals surface area contributed by atoms with Crippen LogP contribution in [0.15, 0.2) is 5.38 Å².